The van der Waals surface area contributed by atoms with Crippen LogP contribution in [0.25, 0.3) is 0 Å². The summed E-state index contributed by atoms with van der Waals surface area (Å²) in [4.78, 5) is 17.0. The van der Waals surface area contributed by atoms with Crippen molar-refractivity contribution < 1.29 is 9.90 Å². The molecule has 0 bridgehead atoms. The molecule has 1 aromatic carbocycles. The SMILES string of the molecule is CC(C)NC(=O)N1CCCCN2[C@@H](CO)[C@H](c3ccc(C#CC4CC4)cc3)[C@@H]2C1. The normalized spacial score (nSPS) is 27.2. The number of nitrogens with zero attached hydrogens (tertiary/aromatic N) is 2. The fraction of sp³-hybridized carbons (Fsp3) is 0.625. The van der Waals surface area contributed by atoms with Crippen molar-refractivity contribution in [2.45, 2.75) is 63.6 Å². The zero-order valence-corrected chi connectivity index (χ0v) is 17.6. The predicted octanol–water partition coefficient (Wildman–Crippen LogP) is 2.79. The topological polar surface area (TPSA) is 55.8 Å². The van der Waals surface area contributed by atoms with Crippen molar-refractivity contribution in [1.29, 1.82) is 0 Å². The van der Waals surface area contributed by atoms with Crippen molar-refractivity contribution in [2.24, 2.45) is 5.92 Å². The number of fused-ring (bicyclic) bond motifs is 1. The van der Waals surface area contributed by atoms with Gasteiger partial charge in [0.25, 0.3) is 0 Å². The molecule has 5 heteroatoms. The maximum atomic E-state index is 12.7. The number of aliphatic hydroxyl groups is 1. The molecule has 1 saturated carbocycles. The molecule has 2 aliphatic heterocycles. The van der Waals surface area contributed by atoms with E-state index in [-0.39, 0.29) is 36.7 Å². The first-order chi connectivity index (χ1) is 14.1. The number of amides is 2. The van der Waals surface area contributed by atoms with Gasteiger partial charge in [-0.2, -0.15) is 0 Å². The van der Waals surface area contributed by atoms with Crippen LogP contribution in [-0.2, 0) is 0 Å². The molecule has 2 amide bonds. The third-order valence-corrected chi connectivity index (χ3v) is 6.36. The Kier molecular flexibility index (Phi) is 6.12. The Morgan fingerprint density at radius 1 is 1.21 bits per heavy atom. The van der Waals surface area contributed by atoms with Crippen LogP contribution in [0.4, 0.5) is 4.79 Å². The Morgan fingerprint density at radius 2 is 1.93 bits per heavy atom. The molecule has 156 valence electrons. The lowest BCUT2D eigenvalue weighted by molar-refractivity contribution is -0.0591. The maximum absolute atomic E-state index is 12.7. The zero-order chi connectivity index (χ0) is 20.4. The molecule has 4 rings (SSSR count). The van der Waals surface area contributed by atoms with Gasteiger partial charge in [0.15, 0.2) is 0 Å². The monoisotopic (exact) mass is 395 g/mol. The van der Waals surface area contributed by atoms with Crippen LogP contribution in [0.3, 0.4) is 0 Å². The van der Waals surface area contributed by atoms with Crippen LogP contribution in [0, 0.1) is 17.8 Å². The van der Waals surface area contributed by atoms with Gasteiger partial charge in [-0.05, 0) is 63.8 Å². The number of rotatable bonds is 3. The molecule has 29 heavy (non-hydrogen) atoms. The van der Waals surface area contributed by atoms with Gasteiger partial charge in [-0.15, -0.1) is 0 Å². The van der Waals surface area contributed by atoms with E-state index in [2.05, 4.69) is 46.3 Å². The lowest BCUT2D eigenvalue weighted by atomic mass is 9.74. The van der Waals surface area contributed by atoms with Gasteiger partial charge in [0.2, 0.25) is 0 Å². The van der Waals surface area contributed by atoms with Gasteiger partial charge in [0, 0.05) is 48.6 Å². The third kappa shape index (κ3) is 4.60. The third-order valence-electron chi connectivity index (χ3n) is 6.36. The summed E-state index contributed by atoms with van der Waals surface area (Å²) in [5.74, 6) is 7.44. The van der Waals surface area contributed by atoms with Crippen molar-refractivity contribution in [2.75, 3.05) is 26.2 Å². The summed E-state index contributed by atoms with van der Waals surface area (Å²) in [6.07, 6.45) is 4.54. The van der Waals surface area contributed by atoms with E-state index in [9.17, 15) is 9.90 Å². The summed E-state index contributed by atoms with van der Waals surface area (Å²) in [5, 5.41) is 13.1. The number of hydrogen-bond donors (Lipinski definition) is 2. The fourth-order valence-corrected chi connectivity index (χ4v) is 4.66. The van der Waals surface area contributed by atoms with Crippen LogP contribution in [-0.4, -0.2) is 65.3 Å². The summed E-state index contributed by atoms with van der Waals surface area (Å²) in [7, 11) is 0. The van der Waals surface area contributed by atoms with Crippen molar-refractivity contribution in [1.82, 2.24) is 15.1 Å². The molecular formula is C24H33N3O2. The molecule has 3 aliphatic rings. The van der Waals surface area contributed by atoms with Crippen molar-refractivity contribution >= 4 is 6.03 Å². The molecule has 1 aliphatic carbocycles. The lowest BCUT2D eigenvalue weighted by Crippen LogP contribution is -2.68. The Bertz CT molecular complexity index is 776. The first kappa shape index (κ1) is 20.3. The Labute approximate surface area is 174 Å². The predicted molar refractivity (Wildman–Crippen MR) is 115 cm³/mol. The highest BCUT2D eigenvalue weighted by Crippen LogP contribution is 2.42. The van der Waals surface area contributed by atoms with Crippen LogP contribution >= 0.6 is 0 Å². The maximum Gasteiger partial charge on any atom is 0.317 e. The molecule has 3 atom stereocenters. The highest BCUT2D eigenvalue weighted by Gasteiger charge is 2.49. The van der Waals surface area contributed by atoms with Crippen LogP contribution in [0.2, 0.25) is 0 Å². The van der Waals surface area contributed by atoms with E-state index >= 15 is 0 Å². The standard InChI is InChI=1S/C24H33N3O2/c1-17(2)25-24(29)26-13-3-4-14-27-21(15-26)23(22(27)16-28)20-11-9-19(10-12-20)8-7-18-5-6-18/h9-12,17-18,21-23,28H,3-6,13-16H2,1-2H3,(H,25,29)/t21-,22-,23+/m0/s1. The zero-order valence-electron chi connectivity index (χ0n) is 17.6. The van der Waals surface area contributed by atoms with E-state index in [0.717, 1.165) is 31.5 Å². The molecule has 2 N–H and O–H groups in total. The lowest BCUT2D eigenvalue weighted by Gasteiger charge is -2.57. The average molecular weight is 396 g/mol. The number of carbonyl (C=O) groups excluding carboxylic acids is 1. The van der Waals surface area contributed by atoms with Crippen molar-refractivity contribution in [3.63, 3.8) is 0 Å². The molecule has 5 nitrogen and oxygen atoms in total. The van der Waals surface area contributed by atoms with Crippen molar-refractivity contribution in [3.8, 4) is 11.8 Å². The molecule has 0 unspecified atom stereocenters. The van der Waals surface area contributed by atoms with Crippen LogP contribution in [0.1, 0.15) is 56.6 Å². The van der Waals surface area contributed by atoms with Gasteiger partial charge in [-0.3, -0.25) is 4.90 Å². The summed E-state index contributed by atoms with van der Waals surface area (Å²) >= 11 is 0. The summed E-state index contributed by atoms with van der Waals surface area (Å²) in [5.41, 5.74) is 2.31. The Hall–Kier alpha value is -2.03. The first-order valence-electron chi connectivity index (χ1n) is 11.1. The molecule has 0 radical (unpaired) electrons. The Morgan fingerprint density at radius 3 is 2.59 bits per heavy atom. The summed E-state index contributed by atoms with van der Waals surface area (Å²) < 4.78 is 0. The summed E-state index contributed by atoms with van der Waals surface area (Å²) in [6.45, 7) is 6.66. The minimum absolute atomic E-state index is 0.0266. The minimum atomic E-state index is 0.0266. The molecule has 3 fully saturated rings. The highest BCUT2D eigenvalue weighted by molar-refractivity contribution is 5.74. The van der Waals surface area contributed by atoms with Gasteiger partial charge in [0.05, 0.1) is 6.61 Å². The molecule has 2 saturated heterocycles. The van der Waals surface area contributed by atoms with Crippen LogP contribution in [0.5, 0.6) is 0 Å². The van der Waals surface area contributed by atoms with E-state index in [4.69, 9.17) is 0 Å². The van der Waals surface area contributed by atoms with Gasteiger partial charge < -0.3 is 15.3 Å². The second kappa shape index (κ2) is 8.77. The smallest absolute Gasteiger partial charge is 0.317 e. The highest BCUT2D eigenvalue weighted by atomic mass is 16.3. The van der Waals surface area contributed by atoms with E-state index in [1.165, 1.54) is 18.4 Å². The molecule has 0 aromatic heterocycles. The number of hydrogen-bond acceptors (Lipinski definition) is 3. The fourth-order valence-electron chi connectivity index (χ4n) is 4.66. The second-order valence-electron chi connectivity index (χ2n) is 9.00. The van der Waals surface area contributed by atoms with Gasteiger partial charge in [-0.25, -0.2) is 4.79 Å². The van der Waals surface area contributed by atoms with E-state index < -0.39 is 0 Å². The number of carbonyl (C=O) groups is 1. The molecule has 2 heterocycles. The minimum Gasteiger partial charge on any atom is -0.395 e. The van der Waals surface area contributed by atoms with Crippen molar-refractivity contribution in [3.05, 3.63) is 35.4 Å². The van der Waals surface area contributed by atoms with Gasteiger partial charge in [-0.1, -0.05) is 24.0 Å². The second-order valence-corrected chi connectivity index (χ2v) is 9.00. The molecule has 0 spiro atoms. The average Bonchev–Trinajstić information content (AvgIpc) is 3.50. The first-order valence-corrected chi connectivity index (χ1v) is 11.1. The molecule has 1 aromatic rings. The summed E-state index contributed by atoms with van der Waals surface area (Å²) in [6, 6.07) is 9.10. The quantitative estimate of drug-likeness (QED) is 0.774. The Balaban J connectivity index is 1.50. The van der Waals surface area contributed by atoms with Gasteiger partial charge >= 0.3 is 6.03 Å². The van der Waals surface area contributed by atoms with Crippen LogP contribution in [0.15, 0.2) is 24.3 Å². The van der Waals surface area contributed by atoms with E-state index in [1.54, 1.807) is 0 Å². The van der Waals surface area contributed by atoms with Crippen LogP contribution < -0.4 is 5.32 Å². The number of benzene rings is 1. The molecular weight excluding hydrogens is 362 g/mol. The number of nitrogens with one attached hydrogen (secondary N) is 1. The number of urea groups is 1. The number of aliphatic hydroxyl groups excluding tert-OH is 1. The largest absolute Gasteiger partial charge is 0.395 e. The van der Waals surface area contributed by atoms with E-state index in [0.29, 0.717) is 12.5 Å². The van der Waals surface area contributed by atoms with Gasteiger partial charge in [0.1, 0.15) is 0 Å². The van der Waals surface area contributed by atoms with E-state index in [1.807, 2.05) is 18.7 Å².